The van der Waals surface area contributed by atoms with Gasteiger partial charge in [0.2, 0.25) is 0 Å². The molecule has 30 heavy (non-hydrogen) atoms. The molecule has 2 N–H and O–H groups in total. The van der Waals surface area contributed by atoms with E-state index in [1.165, 1.54) is 32.1 Å². The summed E-state index contributed by atoms with van der Waals surface area (Å²) in [6.45, 7) is 0.720. The zero-order chi connectivity index (χ0) is 20.8. The highest BCUT2D eigenvalue weighted by atomic mass is 35.5. The minimum Gasteiger partial charge on any atom is -0.352 e. The van der Waals surface area contributed by atoms with E-state index in [-0.39, 0.29) is 5.91 Å². The molecule has 2 aromatic heterocycles. The first-order chi connectivity index (χ1) is 14.7. The first-order valence-electron chi connectivity index (χ1n) is 10.8. The second-order valence-corrected chi connectivity index (χ2v) is 8.47. The molecule has 0 bridgehead atoms. The number of carbonyl (C=O) groups is 1. The number of aromatic amines is 1. The third-order valence-electron chi connectivity index (χ3n) is 5.87. The van der Waals surface area contributed by atoms with Crippen LogP contribution in [0.2, 0.25) is 5.02 Å². The summed E-state index contributed by atoms with van der Waals surface area (Å²) in [5, 5.41) is 18.2. The van der Waals surface area contributed by atoms with Crippen molar-refractivity contribution >= 4 is 28.4 Å². The maximum atomic E-state index is 12.9. The van der Waals surface area contributed by atoms with Crippen LogP contribution in [0.3, 0.4) is 0 Å². The molecule has 1 fully saturated rings. The fraction of sp³-hybridized carbons (Fsp3) is 0.500. The van der Waals surface area contributed by atoms with Crippen molar-refractivity contribution in [3.8, 4) is 0 Å². The lowest BCUT2D eigenvalue weighted by molar-refractivity contribution is 0.0945. The van der Waals surface area contributed by atoms with Gasteiger partial charge in [-0.05, 0) is 66.6 Å². The summed E-state index contributed by atoms with van der Waals surface area (Å²) in [7, 11) is 0. The number of tetrazole rings is 1. The molecule has 1 aliphatic carbocycles. The fourth-order valence-electron chi connectivity index (χ4n) is 4.19. The van der Waals surface area contributed by atoms with Crippen molar-refractivity contribution in [1.82, 2.24) is 30.9 Å². The van der Waals surface area contributed by atoms with E-state index in [4.69, 9.17) is 16.6 Å². The van der Waals surface area contributed by atoms with E-state index < -0.39 is 0 Å². The summed E-state index contributed by atoms with van der Waals surface area (Å²) in [4.78, 5) is 17.6. The Morgan fingerprint density at radius 3 is 2.73 bits per heavy atom. The summed E-state index contributed by atoms with van der Waals surface area (Å²) in [6.07, 6.45) is 9.88. The van der Waals surface area contributed by atoms with Crippen molar-refractivity contribution in [2.45, 2.75) is 57.8 Å². The lowest BCUT2D eigenvalue weighted by Gasteiger charge is -2.22. The minimum absolute atomic E-state index is 0.105. The third kappa shape index (κ3) is 5.14. The van der Waals surface area contributed by atoms with Gasteiger partial charge in [0.1, 0.15) is 5.82 Å². The normalized spacial score (nSPS) is 14.8. The van der Waals surface area contributed by atoms with E-state index in [0.29, 0.717) is 16.5 Å². The molecule has 1 amide bonds. The molecule has 0 saturated heterocycles. The lowest BCUT2D eigenvalue weighted by Crippen LogP contribution is -2.30. The van der Waals surface area contributed by atoms with Crippen LogP contribution in [0.4, 0.5) is 0 Å². The van der Waals surface area contributed by atoms with E-state index in [1.54, 1.807) is 6.07 Å². The molecule has 0 atom stereocenters. The maximum Gasteiger partial charge on any atom is 0.253 e. The second-order valence-electron chi connectivity index (χ2n) is 8.06. The highest BCUT2D eigenvalue weighted by molar-refractivity contribution is 6.35. The van der Waals surface area contributed by atoms with E-state index in [2.05, 4.69) is 25.9 Å². The maximum absolute atomic E-state index is 12.9. The standard InChI is InChI=1S/C22H27ClN6O/c23-18-12-13-19-17(21(18)22(30)24-14-15-6-2-1-3-7-15)11-10-16(25-19)8-4-5-9-20-26-28-29-27-20/h10-13,15H,1-9,14H2,(H,24,30)(H,26,27,28,29). The molecule has 0 radical (unpaired) electrons. The average molecular weight is 427 g/mol. The number of amides is 1. The van der Waals surface area contributed by atoms with Crippen LogP contribution in [-0.4, -0.2) is 38.1 Å². The number of unbranched alkanes of at least 4 members (excludes halogenated alkanes) is 1. The molecule has 158 valence electrons. The topological polar surface area (TPSA) is 96.5 Å². The SMILES string of the molecule is O=C(NCC1CCCCC1)c1c(Cl)ccc2nc(CCCCc3nnn[nH]3)ccc12. The fourth-order valence-corrected chi connectivity index (χ4v) is 4.44. The van der Waals surface area contributed by atoms with Crippen molar-refractivity contribution < 1.29 is 4.79 Å². The number of pyridine rings is 1. The van der Waals surface area contributed by atoms with Crippen LogP contribution in [0, 0.1) is 5.92 Å². The Morgan fingerprint density at radius 2 is 1.93 bits per heavy atom. The number of aryl methyl sites for hydroxylation is 2. The van der Waals surface area contributed by atoms with E-state index >= 15 is 0 Å². The molecule has 2 heterocycles. The number of carbonyl (C=O) groups excluding carboxylic acids is 1. The Balaban J connectivity index is 1.40. The van der Waals surface area contributed by atoms with Gasteiger partial charge in [0.25, 0.3) is 5.91 Å². The van der Waals surface area contributed by atoms with Gasteiger partial charge in [-0.3, -0.25) is 9.78 Å². The van der Waals surface area contributed by atoms with Gasteiger partial charge in [0.05, 0.1) is 16.1 Å². The van der Waals surface area contributed by atoms with Crippen molar-refractivity contribution in [2.24, 2.45) is 5.92 Å². The first-order valence-corrected chi connectivity index (χ1v) is 11.2. The molecule has 0 aliphatic heterocycles. The summed E-state index contributed by atoms with van der Waals surface area (Å²) in [5.41, 5.74) is 2.34. The van der Waals surface area contributed by atoms with Crippen LogP contribution in [0.5, 0.6) is 0 Å². The Bertz CT molecular complexity index is 985. The predicted octanol–water partition coefficient (Wildman–Crippen LogP) is 4.28. The van der Waals surface area contributed by atoms with Crippen molar-refractivity contribution in [2.75, 3.05) is 6.54 Å². The zero-order valence-corrected chi connectivity index (χ0v) is 17.8. The number of fused-ring (bicyclic) bond motifs is 1. The summed E-state index contributed by atoms with van der Waals surface area (Å²) < 4.78 is 0. The molecule has 0 spiro atoms. The van der Waals surface area contributed by atoms with Crippen molar-refractivity contribution in [3.05, 3.63) is 46.4 Å². The molecule has 1 aromatic carbocycles. The summed E-state index contributed by atoms with van der Waals surface area (Å²) in [6, 6.07) is 7.62. The molecule has 7 nitrogen and oxygen atoms in total. The van der Waals surface area contributed by atoms with Crippen LogP contribution >= 0.6 is 11.6 Å². The molecular weight excluding hydrogens is 400 g/mol. The van der Waals surface area contributed by atoms with Crippen LogP contribution in [-0.2, 0) is 12.8 Å². The Hall–Kier alpha value is -2.54. The zero-order valence-electron chi connectivity index (χ0n) is 17.0. The van der Waals surface area contributed by atoms with Crippen LogP contribution in [0.15, 0.2) is 24.3 Å². The monoisotopic (exact) mass is 426 g/mol. The number of H-pyrrole nitrogens is 1. The number of benzene rings is 1. The summed E-state index contributed by atoms with van der Waals surface area (Å²) in [5.74, 6) is 1.28. The number of nitrogens with one attached hydrogen (secondary N) is 2. The van der Waals surface area contributed by atoms with E-state index in [0.717, 1.165) is 54.6 Å². The molecule has 3 aromatic rings. The van der Waals surface area contributed by atoms with Gasteiger partial charge >= 0.3 is 0 Å². The number of halogens is 1. The summed E-state index contributed by atoms with van der Waals surface area (Å²) >= 11 is 6.40. The molecule has 4 rings (SSSR count). The molecule has 0 unspecified atom stereocenters. The number of hydrogen-bond acceptors (Lipinski definition) is 5. The smallest absolute Gasteiger partial charge is 0.253 e. The Morgan fingerprint density at radius 1 is 1.10 bits per heavy atom. The predicted molar refractivity (Wildman–Crippen MR) is 116 cm³/mol. The van der Waals surface area contributed by atoms with Crippen LogP contribution in [0.1, 0.15) is 66.8 Å². The molecule has 8 heteroatoms. The van der Waals surface area contributed by atoms with E-state index in [1.807, 2.05) is 18.2 Å². The lowest BCUT2D eigenvalue weighted by atomic mass is 9.89. The minimum atomic E-state index is -0.105. The van der Waals surface area contributed by atoms with Crippen LogP contribution in [0.25, 0.3) is 10.9 Å². The van der Waals surface area contributed by atoms with Gasteiger partial charge in [-0.25, -0.2) is 5.10 Å². The van der Waals surface area contributed by atoms with Gasteiger partial charge in [-0.1, -0.05) is 36.9 Å². The average Bonchev–Trinajstić information content (AvgIpc) is 3.29. The van der Waals surface area contributed by atoms with Crippen molar-refractivity contribution in [1.29, 1.82) is 0 Å². The largest absolute Gasteiger partial charge is 0.352 e. The van der Waals surface area contributed by atoms with Gasteiger partial charge in [-0.15, -0.1) is 5.10 Å². The quantitative estimate of drug-likeness (QED) is 0.524. The van der Waals surface area contributed by atoms with Gasteiger partial charge < -0.3 is 5.32 Å². The van der Waals surface area contributed by atoms with Crippen molar-refractivity contribution in [3.63, 3.8) is 0 Å². The second kappa shape index (κ2) is 9.98. The Kier molecular flexibility index (Phi) is 6.89. The Labute approximate surface area is 181 Å². The highest BCUT2D eigenvalue weighted by Gasteiger charge is 2.18. The third-order valence-corrected chi connectivity index (χ3v) is 6.18. The van der Waals surface area contributed by atoms with Gasteiger partial charge in [0.15, 0.2) is 0 Å². The number of hydrogen-bond donors (Lipinski definition) is 2. The molecule has 1 saturated carbocycles. The highest BCUT2D eigenvalue weighted by Crippen LogP contribution is 2.27. The number of rotatable bonds is 8. The number of nitrogens with zero attached hydrogens (tertiary/aromatic N) is 4. The van der Waals surface area contributed by atoms with Gasteiger partial charge in [0, 0.05) is 24.0 Å². The first kappa shape index (κ1) is 20.7. The molecular formula is C22H27ClN6O. The van der Waals surface area contributed by atoms with E-state index in [9.17, 15) is 4.79 Å². The number of aromatic nitrogens is 5. The van der Waals surface area contributed by atoms with Crippen LogP contribution < -0.4 is 5.32 Å². The molecule has 1 aliphatic rings. The van der Waals surface area contributed by atoms with Gasteiger partial charge in [-0.2, -0.15) is 0 Å².